The van der Waals surface area contributed by atoms with E-state index >= 15 is 0 Å². The number of carboxylic acids is 1. The standard InChI is InChI=1S/C18H13FO6.C17H11FO6.Na.H2O/c1-23-18(22)16(21)17-15(20)13-8-12(6-7-14(13)25-17)24-9-10-2-4-11(19)5-3-10;18-10-3-1-9(2-4-10)8-23-11-5-6-13-12(7-11)14(19)16(24-13)15(20)17(21)22;;/h2-8,20H,9H2,1H3;1-7,19H,8H2,(H,21,22);;1H2/q;;+1;/p-1. The van der Waals surface area contributed by atoms with Crippen LogP contribution in [0.5, 0.6) is 23.0 Å². The molecule has 0 fully saturated rings. The molecule has 13 nitrogen and oxygen atoms in total. The topological polar surface area (TPSA) is 213 Å². The van der Waals surface area contributed by atoms with Crippen LogP contribution in [0.1, 0.15) is 32.2 Å². The SMILES string of the molecule is COC(=O)C(=O)c1oc2ccc(OCc3ccc(F)cc3)cc2c1O.O=C(O)C(=O)c1oc2ccc(OCc3ccc(F)cc3)cc2c1O.[Na+].[OH-]. The fraction of sp³-hybridized carbons (Fsp3) is 0.0857. The molecule has 2 aromatic heterocycles. The second kappa shape index (κ2) is 17.3. The van der Waals surface area contributed by atoms with E-state index < -0.39 is 46.5 Å². The largest absolute Gasteiger partial charge is 1.00 e. The van der Waals surface area contributed by atoms with Crippen molar-refractivity contribution in [1.29, 1.82) is 0 Å². The summed E-state index contributed by atoms with van der Waals surface area (Å²) in [5, 5.41) is 29.2. The molecule has 2 heterocycles. The summed E-state index contributed by atoms with van der Waals surface area (Å²) >= 11 is 0. The Hall–Kier alpha value is -5.74. The van der Waals surface area contributed by atoms with E-state index in [1.807, 2.05) is 0 Å². The van der Waals surface area contributed by atoms with Crippen molar-refractivity contribution in [1.82, 2.24) is 0 Å². The van der Waals surface area contributed by atoms with E-state index in [4.69, 9.17) is 23.4 Å². The van der Waals surface area contributed by atoms with Crippen LogP contribution in [-0.4, -0.2) is 51.4 Å². The molecule has 4 N–H and O–H groups in total. The molecule has 0 atom stereocenters. The van der Waals surface area contributed by atoms with Crippen LogP contribution in [0.2, 0.25) is 0 Å². The maximum Gasteiger partial charge on any atom is 1.00 e. The van der Waals surface area contributed by atoms with Gasteiger partial charge in [-0.15, -0.1) is 0 Å². The van der Waals surface area contributed by atoms with Gasteiger partial charge in [0.05, 0.1) is 17.9 Å². The number of carbonyl (C=O) groups excluding carboxylic acids is 3. The Morgan fingerprint density at radius 2 is 1.04 bits per heavy atom. The number of fused-ring (bicyclic) bond motifs is 2. The van der Waals surface area contributed by atoms with Gasteiger partial charge in [0.15, 0.2) is 11.5 Å². The Morgan fingerprint density at radius 3 is 1.41 bits per heavy atom. The Labute approximate surface area is 308 Å². The molecule has 0 aliphatic rings. The van der Waals surface area contributed by atoms with E-state index in [9.17, 15) is 38.2 Å². The second-order valence-corrected chi connectivity index (χ2v) is 10.2. The van der Waals surface area contributed by atoms with Crippen LogP contribution in [-0.2, 0) is 27.5 Å². The van der Waals surface area contributed by atoms with Gasteiger partial charge in [-0.3, -0.25) is 9.59 Å². The molecule has 258 valence electrons. The predicted octanol–water partition coefficient (Wildman–Crippen LogP) is 3.16. The van der Waals surface area contributed by atoms with Crippen molar-refractivity contribution in [2.24, 2.45) is 0 Å². The number of methoxy groups -OCH3 is 1. The number of carboxylic acid groups (broad SMARTS) is 1. The molecule has 0 saturated carbocycles. The first kappa shape index (κ1) is 39.7. The molecule has 0 radical (unpaired) electrons. The van der Waals surface area contributed by atoms with E-state index in [0.29, 0.717) is 11.5 Å². The van der Waals surface area contributed by atoms with Crippen molar-refractivity contribution in [2.45, 2.75) is 13.2 Å². The minimum Gasteiger partial charge on any atom is -0.870 e. The third-order valence-corrected chi connectivity index (χ3v) is 6.88. The van der Waals surface area contributed by atoms with Gasteiger partial charge in [0.2, 0.25) is 11.5 Å². The van der Waals surface area contributed by atoms with Gasteiger partial charge in [0.1, 0.15) is 47.5 Å². The average Bonchev–Trinajstić information content (AvgIpc) is 3.62. The fourth-order valence-corrected chi connectivity index (χ4v) is 4.39. The molecule has 51 heavy (non-hydrogen) atoms. The van der Waals surface area contributed by atoms with Crippen LogP contribution < -0.4 is 39.0 Å². The van der Waals surface area contributed by atoms with Crippen molar-refractivity contribution in [3.8, 4) is 23.0 Å². The maximum absolute atomic E-state index is 12.9. The fourth-order valence-electron chi connectivity index (χ4n) is 4.39. The van der Waals surface area contributed by atoms with Crippen molar-refractivity contribution in [3.63, 3.8) is 0 Å². The molecule has 0 bridgehead atoms. The smallest absolute Gasteiger partial charge is 0.870 e. The van der Waals surface area contributed by atoms with Gasteiger partial charge >= 0.3 is 53.1 Å². The molecule has 6 aromatic rings. The quantitative estimate of drug-likeness (QED) is 0.0806. The summed E-state index contributed by atoms with van der Waals surface area (Å²) in [6.07, 6.45) is 0. The van der Waals surface area contributed by atoms with Crippen molar-refractivity contribution in [2.75, 3.05) is 7.11 Å². The number of aliphatic carboxylic acids is 1. The molecular weight excluding hydrogens is 689 g/mol. The average molecular weight is 715 g/mol. The first-order valence-corrected chi connectivity index (χ1v) is 14.1. The number of ketones is 2. The van der Waals surface area contributed by atoms with Crippen LogP contribution in [0.25, 0.3) is 21.9 Å². The van der Waals surface area contributed by atoms with Gasteiger partial charge in [-0.2, -0.15) is 0 Å². The number of hydrogen-bond acceptors (Lipinski definition) is 12. The number of aromatic hydroxyl groups is 2. The van der Waals surface area contributed by atoms with Gasteiger partial charge in [-0.05, 0) is 71.8 Å². The number of hydrogen-bond donors (Lipinski definition) is 3. The molecule has 0 unspecified atom stereocenters. The van der Waals surface area contributed by atoms with Crippen LogP contribution in [0, 0.1) is 11.6 Å². The first-order chi connectivity index (χ1) is 23.4. The molecule has 0 spiro atoms. The number of rotatable bonds is 10. The van der Waals surface area contributed by atoms with E-state index in [2.05, 4.69) is 4.74 Å². The number of ether oxygens (including phenoxy) is 3. The molecular formula is C35H25F2NaO13. The summed E-state index contributed by atoms with van der Waals surface area (Å²) in [5.74, 6) is -7.31. The Morgan fingerprint density at radius 1 is 0.647 bits per heavy atom. The van der Waals surface area contributed by atoms with Crippen molar-refractivity contribution >= 4 is 45.4 Å². The summed E-state index contributed by atoms with van der Waals surface area (Å²) in [6.45, 7) is 0.365. The van der Waals surface area contributed by atoms with Crippen molar-refractivity contribution in [3.05, 3.63) is 119 Å². The number of furan rings is 2. The number of esters is 1. The summed E-state index contributed by atoms with van der Waals surface area (Å²) in [5.41, 5.74) is 1.89. The Balaban J connectivity index is 0.000000265. The maximum atomic E-state index is 12.9. The molecule has 0 aliphatic heterocycles. The Kier molecular flexibility index (Phi) is 13.4. The van der Waals surface area contributed by atoms with Crippen LogP contribution >= 0.6 is 0 Å². The molecule has 16 heteroatoms. The van der Waals surface area contributed by atoms with Gasteiger partial charge in [0, 0.05) is 0 Å². The summed E-state index contributed by atoms with van der Waals surface area (Å²) in [6, 6.07) is 20.6. The second-order valence-electron chi connectivity index (χ2n) is 10.2. The third-order valence-electron chi connectivity index (χ3n) is 6.88. The van der Waals surface area contributed by atoms with Crippen LogP contribution in [0.4, 0.5) is 8.78 Å². The van der Waals surface area contributed by atoms with Crippen LogP contribution in [0.3, 0.4) is 0 Å². The van der Waals surface area contributed by atoms with E-state index in [1.54, 1.807) is 36.4 Å². The van der Waals surface area contributed by atoms with Gasteiger partial charge < -0.3 is 43.8 Å². The summed E-state index contributed by atoms with van der Waals surface area (Å²) < 4.78 is 51.5. The van der Waals surface area contributed by atoms with Gasteiger partial charge in [0.25, 0.3) is 0 Å². The monoisotopic (exact) mass is 714 g/mol. The molecule has 0 amide bonds. The zero-order chi connectivity index (χ0) is 35.2. The molecule has 6 rings (SSSR count). The number of Topliss-reactive ketones (excluding diaryl/α,β-unsaturated/α-hetero) is 2. The minimum absolute atomic E-state index is 0. The van der Waals surface area contributed by atoms with Gasteiger partial charge in [-0.25, -0.2) is 18.4 Å². The minimum atomic E-state index is -1.72. The van der Waals surface area contributed by atoms with Crippen molar-refractivity contribution < 1.29 is 101 Å². The third kappa shape index (κ3) is 9.29. The zero-order valence-electron chi connectivity index (χ0n) is 26.7. The molecule has 0 saturated heterocycles. The van der Waals surface area contributed by atoms with E-state index in [1.165, 1.54) is 48.5 Å². The van der Waals surface area contributed by atoms with Crippen LogP contribution in [0.15, 0.2) is 93.8 Å². The summed E-state index contributed by atoms with van der Waals surface area (Å²) in [7, 11) is 1.06. The predicted molar refractivity (Wildman–Crippen MR) is 167 cm³/mol. The van der Waals surface area contributed by atoms with E-state index in [-0.39, 0.29) is 81.8 Å². The van der Waals surface area contributed by atoms with Gasteiger partial charge in [-0.1, -0.05) is 24.3 Å². The first-order valence-electron chi connectivity index (χ1n) is 14.1. The molecule has 4 aromatic carbocycles. The number of carbonyl (C=O) groups is 4. The Bertz CT molecular complexity index is 2190. The normalized spacial score (nSPS) is 10.3. The number of benzene rings is 4. The summed E-state index contributed by atoms with van der Waals surface area (Å²) in [4.78, 5) is 45.2. The van der Waals surface area contributed by atoms with E-state index in [0.717, 1.165) is 18.2 Å². The zero-order valence-corrected chi connectivity index (χ0v) is 28.7. The molecule has 0 aliphatic carbocycles. The number of halogens is 2.